The number of carbonyl (C=O) groups excluding carboxylic acids is 1. The standard InChI is InChI=1S/C53H64FN7O7S/c1-6-42-47(27-40-41(54)30-55-50(40)57-42)68-46-24-34(59-22-19-53(20-23-59)28-35(29-53)60-21-9-12-44(60)38-11-8-7-10-37(38)32(2)3)13-14-39(46)51(62)58-69(65,66)36-25-45(61(63)64)49-48(26-36)67-31-43(56-49)33-15-17-52(4,5)18-16-33/h7-8,10-11,13-14,24-27,30,32-33,35,43-44,56H,6,9,12,15-23,28-29,31H2,1-5H3,(H,55,57)(H,58,62)/t43-,44+/m1/s1. The number of nitro groups is 1. The minimum absolute atomic E-state index is 0.0261. The van der Waals surface area contributed by atoms with Crippen molar-refractivity contribution in [3.63, 3.8) is 0 Å². The Hall–Kier alpha value is -5.74. The first kappa shape index (κ1) is 47.0. The number of aromatic amines is 1. The van der Waals surface area contributed by atoms with Gasteiger partial charge in [0.15, 0.2) is 11.4 Å². The van der Waals surface area contributed by atoms with E-state index in [1.165, 1.54) is 61.2 Å². The van der Waals surface area contributed by atoms with Crippen LogP contribution in [-0.2, 0) is 16.4 Å². The van der Waals surface area contributed by atoms with Crippen LogP contribution in [0.5, 0.6) is 17.2 Å². The molecular formula is C53H64FN7O7S. The number of benzene rings is 3. The molecule has 2 aliphatic carbocycles. The molecule has 2 aromatic heterocycles. The van der Waals surface area contributed by atoms with Crippen LogP contribution in [0.3, 0.4) is 0 Å². The summed E-state index contributed by atoms with van der Waals surface area (Å²) in [6, 6.07) is 18.6. The maximum absolute atomic E-state index is 14.9. The molecule has 0 bridgehead atoms. The van der Waals surface area contributed by atoms with Gasteiger partial charge in [0, 0.05) is 55.3 Å². The highest BCUT2D eigenvalue weighted by atomic mass is 32.2. The van der Waals surface area contributed by atoms with Crippen LogP contribution in [0.2, 0.25) is 0 Å². The molecule has 366 valence electrons. The molecule has 0 radical (unpaired) electrons. The molecule has 16 heteroatoms. The molecule has 1 spiro atoms. The number of nitro benzene ring substituents is 1. The average molecular weight is 962 g/mol. The van der Waals surface area contributed by atoms with Crippen molar-refractivity contribution in [2.24, 2.45) is 16.7 Å². The number of aromatic nitrogens is 2. The number of aryl methyl sites for hydroxylation is 1. The third-order valence-electron chi connectivity index (χ3n) is 16.2. The number of likely N-dealkylation sites (tertiary alicyclic amines) is 1. The lowest BCUT2D eigenvalue weighted by molar-refractivity contribution is -0.384. The second-order valence-electron chi connectivity index (χ2n) is 21.4. The number of H-pyrrole nitrogens is 1. The SMILES string of the molecule is CCc1nc2[nH]cc(F)c2cc1Oc1cc(N2CCC3(CC2)CC(N2CCC[C@H]2c2ccccc2C(C)C)C3)ccc1C(=O)NS(=O)(=O)c1cc2c(c([N+](=O)[O-])c1)N[C@@H](C1CCC(C)(C)CC1)CO2. The number of amides is 1. The van der Waals surface area contributed by atoms with Crippen molar-refractivity contribution in [3.8, 4) is 17.2 Å². The number of nitrogens with zero attached hydrogens (tertiary/aromatic N) is 4. The van der Waals surface area contributed by atoms with Crippen LogP contribution in [0.25, 0.3) is 11.0 Å². The normalized spacial score (nSPS) is 21.7. The number of halogens is 1. The molecule has 5 heterocycles. The largest absolute Gasteiger partial charge is 0.489 e. The third kappa shape index (κ3) is 9.14. The van der Waals surface area contributed by atoms with E-state index in [2.05, 4.69) is 81.8 Å². The van der Waals surface area contributed by atoms with E-state index in [9.17, 15) is 27.7 Å². The zero-order chi connectivity index (χ0) is 48.4. The minimum atomic E-state index is -4.70. The molecule has 14 nitrogen and oxygen atoms in total. The molecule has 5 aliphatic rings. The van der Waals surface area contributed by atoms with Gasteiger partial charge in [-0.05, 0) is 129 Å². The molecule has 5 aromatic rings. The fourth-order valence-electron chi connectivity index (χ4n) is 12.1. The smallest absolute Gasteiger partial charge is 0.297 e. The molecule has 1 amide bonds. The number of ether oxygens (including phenoxy) is 2. The predicted octanol–water partition coefficient (Wildman–Crippen LogP) is 11.2. The molecule has 69 heavy (non-hydrogen) atoms. The highest BCUT2D eigenvalue weighted by Crippen LogP contribution is 2.54. The first-order chi connectivity index (χ1) is 33.0. The minimum Gasteiger partial charge on any atom is -0.489 e. The summed E-state index contributed by atoms with van der Waals surface area (Å²) in [5, 5.41) is 16.0. The van der Waals surface area contributed by atoms with Gasteiger partial charge < -0.3 is 24.7 Å². The average Bonchev–Trinajstić information content (AvgIpc) is 3.96. The Morgan fingerprint density at radius 3 is 2.49 bits per heavy atom. The van der Waals surface area contributed by atoms with Crippen LogP contribution in [-0.4, -0.2) is 72.4 Å². The Labute approximate surface area is 403 Å². The molecule has 3 N–H and O–H groups in total. The van der Waals surface area contributed by atoms with Gasteiger partial charge in [-0.2, -0.15) is 0 Å². The maximum atomic E-state index is 14.9. The summed E-state index contributed by atoms with van der Waals surface area (Å²) < 4.78 is 57.8. The summed E-state index contributed by atoms with van der Waals surface area (Å²) in [4.78, 5) is 38.1. The molecule has 2 saturated carbocycles. The first-order valence-electron chi connectivity index (χ1n) is 24.9. The van der Waals surface area contributed by atoms with Crippen LogP contribution >= 0.6 is 0 Å². The molecule has 0 unspecified atom stereocenters. The summed E-state index contributed by atoms with van der Waals surface area (Å²) in [5.41, 5.74) is 4.64. The van der Waals surface area contributed by atoms with Gasteiger partial charge in [-0.25, -0.2) is 22.5 Å². The van der Waals surface area contributed by atoms with Crippen LogP contribution in [0.1, 0.15) is 138 Å². The zero-order valence-corrected chi connectivity index (χ0v) is 41.1. The van der Waals surface area contributed by atoms with Crippen molar-refractivity contribution >= 4 is 44.0 Å². The highest BCUT2D eigenvalue weighted by molar-refractivity contribution is 7.90. The predicted molar refractivity (Wildman–Crippen MR) is 264 cm³/mol. The van der Waals surface area contributed by atoms with Crippen molar-refractivity contribution in [1.29, 1.82) is 0 Å². The Kier molecular flexibility index (Phi) is 12.4. The zero-order valence-electron chi connectivity index (χ0n) is 40.3. The van der Waals surface area contributed by atoms with E-state index in [0.717, 1.165) is 69.9 Å². The Balaban J connectivity index is 0.883. The van der Waals surface area contributed by atoms with E-state index < -0.39 is 37.3 Å². The van der Waals surface area contributed by atoms with Gasteiger partial charge in [0.05, 0.1) is 32.5 Å². The fourth-order valence-corrected chi connectivity index (χ4v) is 13.1. The number of fused-ring (bicyclic) bond motifs is 2. The molecule has 4 fully saturated rings. The van der Waals surface area contributed by atoms with Crippen LogP contribution in [0, 0.1) is 32.7 Å². The van der Waals surface area contributed by atoms with Crippen LogP contribution < -0.4 is 24.4 Å². The van der Waals surface area contributed by atoms with E-state index in [-0.39, 0.29) is 63.3 Å². The lowest BCUT2D eigenvalue weighted by Crippen LogP contribution is -2.54. The summed E-state index contributed by atoms with van der Waals surface area (Å²) in [5.74, 6) is -0.500. The number of carbonyl (C=O) groups is 1. The number of pyridine rings is 1. The number of anilines is 2. The molecule has 2 saturated heterocycles. The van der Waals surface area contributed by atoms with Gasteiger partial charge in [-0.3, -0.25) is 19.8 Å². The van der Waals surface area contributed by atoms with Gasteiger partial charge in [-0.15, -0.1) is 0 Å². The van der Waals surface area contributed by atoms with Gasteiger partial charge in [-0.1, -0.05) is 58.9 Å². The number of hydrogen-bond acceptors (Lipinski definition) is 11. The summed E-state index contributed by atoms with van der Waals surface area (Å²) in [6.45, 7) is 13.9. The van der Waals surface area contributed by atoms with Crippen molar-refractivity contribution in [2.45, 2.75) is 134 Å². The van der Waals surface area contributed by atoms with Crippen molar-refractivity contribution < 1.29 is 32.0 Å². The Morgan fingerprint density at radius 2 is 1.77 bits per heavy atom. The van der Waals surface area contributed by atoms with Crippen molar-refractivity contribution in [1.82, 2.24) is 19.6 Å². The molecular weight excluding hydrogens is 898 g/mol. The number of hydrogen-bond donors (Lipinski definition) is 3. The van der Waals surface area contributed by atoms with Crippen molar-refractivity contribution in [2.75, 3.05) is 36.5 Å². The molecule has 2 atom stereocenters. The maximum Gasteiger partial charge on any atom is 0.297 e. The lowest BCUT2D eigenvalue weighted by atomic mass is 9.59. The van der Waals surface area contributed by atoms with Crippen LogP contribution in [0.4, 0.5) is 21.5 Å². The van der Waals surface area contributed by atoms with Gasteiger partial charge >= 0.3 is 0 Å². The second-order valence-corrected chi connectivity index (χ2v) is 23.1. The topological polar surface area (TPSA) is 172 Å². The highest BCUT2D eigenvalue weighted by Gasteiger charge is 2.50. The van der Waals surface area contributed by atoms with E-state index >= 15 is 0 Å². The summed E-state index contributed by atoms with van der Waals surface area (Å²) in [6.07, 6.45) is 12.4. The molecule has 3 aromatic carbocycles. The number of sulfonamides is 1. The Bertz CT molecular complexity index is 2890. The third-order valence-corrected chi connectivity index (χ3v) is 17.5. The van der Waals surface area contributed by atoms with Crippen molar-refractivity contribution in [3.05, 3.63) is 105 Å². The van der Waals surface area contributed by atoms with Gasteiger partial charge in [0.1, 0.15) is 29.6 Å². The molecule has 10 rings (SSSR count). The van der Waals surface area contributed by atoms with E-state index in [4.69, 9.17) is 9.47 Å². The second kappa shape index (κ2) is 18.2. The molecule has 3 aliphatic heterocycles. The van der Waals surface area contributed by atoms with E-state index in [0.29, 0.717) is 35.8 Å². The van der Waals surface area contributed by atoms with E-state index in [1.54, 1.807) is 12.1 Å². The number of piperidine rings is 1. The van der Waals surface area contributed by atoms with Gasteiger partial charge in [0.2, 0.25) is 0 Å². The summed E-state index contributed by atoms with van der Waals surface area (Å²) in [7, 11) is -4.70. The fraction of sp³-hybridized carbons (Fsp3) is 0.509. The Morgan fingerprint density at radius 1 is 1.01 bits per heavy atom. The van der Waals surface area contributed by atoms with Gasteiger partial charge in [0.25, 0.3) is 21.6 Å². The lowest BCUT2D eigenvalue weighted by Gasteiger charge is -2.56. The number of rotatable bonds is 12. The first-order valence-corrected chi connectivity index (χ1v) is 26.4. The quantitative estimate of drug-likeness (QED) is 0.0802. The van der Waals surface area contributed by atoms with Crippen LogP contribution in [0.15, 0.2) is 71.8 Å². The monoisotopic (exact) mass is 961 g/mol. The van der Waals surface area contributed by atoms with E-state index in [1.807, 2.05) is 6.92 Å². The summed E-state index contributed by atoms with van der Waals surface area (Å²) >= 11 is 0. The number of nitrogens with one attached hydrogen (secondary N) is 3.